The van der Waals surface area contributed by atoms with Gasteiger partial charge in [-0.15, -0.1) is 0 Å². The lowest BCUT2D eigenvalue weighted by molar-refractivity contribution is -0.143. The third-order valence-electron chi connectivity index (χ3n) is 3.15. The molecule has 0 bridgehead atoms. The highest BCUT2D eigenvalue weighted by Gasteiger charge is 2.58. The van der Waals surface area contributed by atoms with E-state index < -0.39 is 0 Å². The van der Waals surface area contributed by atoms with Crippen molar-refractivity contribution in [3.63, 3.8) is 0 Å². The smallest absolute Gasteiger partial charge is 0.310 e. The third-order valence-corrected chi connectivity index (χ3v) is 3.15. The summed E-state index contributed by atoms with van der Waals surface area (Å²) in [4.78, 5) is 22.9. The van der Waals surface area contributed by atoms with Crippen molar-refractivity contribution in [1.82, 2.24) is 0 Å². The van der Waals surface area contributed by atoms with E-state index in [2.05, 4.69) is 0 Å². The van der Waals surface area contributed by atoms with E-state index in [9.17, 15) is 9.59 Å². The first kappa shape index (κ1) is 10.9. The van der Waals surface area contributed by atoms with Crippen molar-refractivity contribution >= 4 is 11.8 Å². The van der Waals surface area contributed by atoms with E-state index >= 15 is 0 Å². The summed E-state index contributed by atoms with van der Waals surface area (Å²) in [5.74, 6) is -0.704. The van der Waals surface area contributed by atoms with Crippen LogP contribution in [0.4, 0.5) is 0 Å². The van der Waals surface area contributed by atoms with Gasteiger partial charge >= 0.3 is 5.97 Å². The van der Waals surface area contributed by atoms with Gasteiger partial charge in [0.25, 0.3) is 0 Å². The standard InChI is InChI=1S/C13H14O3/c1-8(14)10-11(12(10)13(15)16-2)9-6-4-3-5-7-9/h3-7,10-12H,1-2H3/t10-,11-,12-/m0/s1. The second-order valence-corrected chi connectivity index (χ2v) is 4.12. The zero-order valence-corrected chi connectivity index (χ0v) is 9.34. The van der Waals surface area contributed by atoms with E-state index in [1.54, 1.807) is 0 Å². The molecule has 1 aliphatic carbocycles. The van der Waals surface area contributed by atoms with E-state index in [0.29, 0.717) is 0 Å². The topological polar surface area (TPSA) is 43.4 Å². The highest BCUT2D eigenvalue weighted by atomic mass is 16.5. The van der Waals surface area contributed by atoms with Gasteiger partial charge < -0.3 is 4.74 Å². The van der Waals surface area contributed by atoms with Crippen molar-refractivity contribution in [2.45, 2.75) is 12.8 Å². The van der Waals surface area contributed by atoms with Gasteiger partial charge in [-0.25, -0.2) is 0 Å². The Labute approximate surface area is 94.4 Å². The van der Waals surface area contributed by atoms with Crippen molar-refractivity contribution in [1.29, 1.82) is 0 Å². The van der Waals surface area contributed by atoms with Gasteiger partial charge in [0.15, 0.2) is 0 Å². The number of carbonyl (C=O) groups is 2. The van der Waals surface area contributed by atoms with E-state index in [1.165, 1.54) is 14.0 Å². The minimum atomic E-state index is -0.287. The molecule has 1 saturated carbocycles. The van der Waals surface area contributed by atoms with Crippen LogP contribution in [-0.2, 0) is 14.3 Å². The molecule has 3 nitrogen and oxygen atoms in total. The number of carbonyl (C=O) groups excluding carboxylic acids is 2. The third kappa shape index (κ3) is 1.73. The van der Waals surface area contributed by atoms with Crippen LogP contribution in [0.2, 0.25) is 0 Å². The lowest BCUT2D eigenvalue weighted by Crippen LogP contribution is -2.07. The average molecular weight is 218 g/mol. The fourth-order valence-corrected chi connectivity index (χ4v) is 2.34. The number of methoxy groups -OCH3 is 1. The normalized spacial score (nSPS) is 27.2. The highest BCUT2D eigenvalue weighted by molar-refractivity contribution is 5.92. The van der Waals surface area contributed by atoms with Crippen LogP contribution in [0.25, 0.3) is 0 Å². The molecule has 0 N–H and O–H groups in total. The number of hydrogen-bond acceptors (Lipinski definition) is 3. The molecule has 1 aromatic rings. The van der Waals surface area contributed by atoms with Gasteiger partial charge in [-0.2, -0.15) is 0 Å². The second kappa shape index (κ2) is 4.08. The number of Topliss-reactive ketones (excluding diaryl/α,β-unsaturated/α-hetero) is 1. The molecule has 0 saturated heterocycles. The Hall–Kier alpha value is -1.64. The predicted molar refractivity (Wildman–Crippen MR) is 58.9 cm³/mol. The van der Waals surface area contributed by atoms with Crippen molar-refractivity contribution in [3.8, 4) is 0 Å². The SMILES string of the molecule is COC(=O)[C@H]1[C@@H](C(C)=O)[C@@H]1c1ccccc1. The van der Waals surface area contributed by atoms with E-state index in [1.807, 2.05) is 30.3 Å². The van der Waals surface area contributed by atoms with Crippen LogP contribution in [0.3, 0.4) is 0 Å². The summed E-state index contributed by atoms with van der Waals surface area (Å²) in [6.07, 6.45) is 0. The summed E-state index contributed by atoms with van der Waals surface area (Å²) >= 11 is 0. The Morgan fingerprint density at radius 1 is 1.12 bits per heavy atom. The van der Waals surface area contributed by atoms with Gasteiger partial charge in [0.1, 0.15) is 5.78 Å². The van der Waals surface area contributed by atoms with Crippen molar-refractivity contribution in [2.24, 2.45) is 11.8 Å². The fraction of sp³-hybridized carbons (Fsp3) is 0.385. The Kier molecular flexibility index (Phi) is 2.77. The molecule has 3 atom stereocenters. The Balaban J connectivity index is 2.23. The zero-order valence-electron chi connectivity index (χ0n) is 9.34. The number of esters is 1. The number of benzene rings is 1. The zero-order chi connectivity index (χ0) is 11.7. The molecule has 1 aliphatic rings. The van der Waals surface area contributed by atoms with E-state index in [0.717, 1.165) is 5.56 Å². The molecule has 0 radical (unpaired) electrons. The minimum Gasteiger partial charge on any atom is -0.469 e. The summed E-state index contributed by atoms with van der Waals surface area (Å²) in [6, 6.07) is 9.65. The predicted octanol–water partition coefficient (Wildman–Crippen LogP) is 1.78. The van der Waals surface area contributed by atoms with Crippen LogP contribution >= 0.6 is 0 Å². The molecule has 1 fully saturated rings. The maximum atomic E-state index is 11.5. The van der Waals surface area contributed by atoms with Crippen LogP contribution in [0, 0.1) is 11.8 Å². The first-order valence-electron chi connectivity index (χ1n) is 5.30. The van der Waals surface area contributed by atoms with Crippen LogP contribution < -0.4 is 0 Å². The van der Waals surface area contributed by atoms with E-state index in [-0.39, 0.29) is 29.5 Å². The molecule has 2 rings (SSSR count). The molecule has 0 unspecified atom stereocenters. The molecule has 0 spiro atoms. The quantitative estimate of drug-likeness (QED) is 0.726. The summed E-state index contributed by atoms with van der Waals surface area (Å²) in [6.45, 7) is 1.53. The summed E-state index contributed by atoms with van der Waals surface area (Å²) in [7, 11) is 1.36. The van der Waals surface area contributed by atoms with Crippen LogP contribution in [0.5, 0.6) is 0 Å². The highest BCUT2D eigenvalue weighted by Crippen LogP contribution is 2.54. The largest absolute Gasteiger partial charge is 0.469 e. The Morgan fingerprint density at radius 2 is 1.75 bits per heavy atom. The van der Waals surface area contributed by atoms with E-state index in [4.69, 9.17) is 4.74 Å². The lowest BCUT2D eigenvalue weighted by atomic mass is 10.1. The Morgan fingerprint density at radius 3 is 2.25 bits per heavy atom. The maximum Gasteiger partial charge on any atom is 0.310 e. The number of hydrogen-bond donors (Lipinski definition) is 0. The van der Waals surface area contributed by atoms with Crippen molar-refractivity contribution in [2.75, 3.05) is 7.11 Å². The molecule has 0 heterocycles. The number of ketones is 1. The molecule has 84 valence electrons. The molecule has 0 amide bonds. The number of rotatable bonds is 3. The summed E-state index contributed by atoms with van der Waals surface area (Å²) in [5, 5.41) is 0. The fourth-order valence-electron chi connectivity index (χ4n) is 2.34. The van der Waals surface area contributed by atoms with Crippen molar-refractivity contribution in [3.05, 3.63) is 35.9 Å². The van der Waals surface area contributed by atoms with Crippen LogP contribution in [0.1, 0.15) is 18.4 Å². The van der Waals surface area contributed by atoms with Gasteiger partial charge in [0.05, 0.1) is 13.0 Å². The molecule has 3 heteroatoms. The summed E-state index contributed by atoms with van der Waals surface area (Å²) in [5.41, 5.74) is 1.04. The van der Waals surface area contributed by atoms with Crippen LogP contribution in [0.15, 0.2) is 30.3 Å². The monoisotopic (exact) mass is 218 g/mol. The minimum absolute atomic E-state index is 0.00569. The number of ether oxygens (including phenoxy) is 1. The lowest BCUT2D eigenvalue weighted by Gasteiger charge is -1.98. The second-order valence-electron chi connectivity index (χ2n) is 4.12. The van der Waals surface area contributed by atoms with Gasteiger partial charge in [0, 0.05) is 11.8 Å². The molecule has 16 heavy (non-hydrogen) atoms. The van der Waals surface area contributed by atoms with Crippen molar-refractivity contribution < 1.29 is 14.3 Å². The van der Waals surface area contributed by atoms with Gasteiger partial charge in [-0.05, 0) is 12.5 Å². The van der Waals surface area contributed by atoms with Crippen LogP contribution in [-0.4, -0.2) is 18.9 Å². The summed E-state index contributed by atoms with van der Waals surface area (Å²) < 4.78 is 4.72. The molecule has 0 aliphatic heterocycles. The molecular weight excluding hydrogens is 204 g/mol. The van der Waals surface area contributed by atoms with Gasteiger partial charge in [0.2, 0.25) is 0 Å². The first-order valence-corrected chi connectivity index (χ1v) is 5.30. The Bertz CT molecular complexity index is 410. The first-order chi connectivity index (χ1) is 7.66. The molecule has 1 aromatic carbocycles. The van der Waals surface area contributed by atoms with Gasteiger partial charge in [-0.1, -0.05) is 30.3 Å². The van der Waals surface area contributed by atoms with Gasteiger partial charge in [-0.3, -0.25) is 9.59 Å². The average Bonchev–Trinajstić information content (AvgIpc) is 3.04. The molecule has 0 aromatic heterocycles. The molecular formula is C13H14O3. The maximum absolute atomic E-state index is 11.5.